The lowest BCUT2D eigenvalue weighted by Crippen LogP contribution is -2.27. The van der Waals surface area contributed by atoms with Crippen molar-refractivity contribution in [2.45, 2.75) is 27.2 Å². The zero-order valence-electron chi connectivity index (χ0n) is 21.2. The molecule has 38 heavy (non-hydrogen) atoms. The van der Waals surface area contributed by atoms with Crippen LogP contribution in [0.3, 0.4) is 0 Å². The van der Waals surface area contributed by atoms with Gasteiger partial charge in [-0.15, -0.1) is 0 Å². The number of aryl methyl sites for hydroxylation is 1. The number of para-hydroxylation sites is 1. The predicted molar refractivity (Wildman–Crippen MR) is 143 cm³/mol. The van der Waals surface area contributed by atoms with Crippen LogP contribution < -0.4 is 4.90 Å². The van der Waals surface area contributed by atoms with Crippen molar-refractivity contribution in [1.82, 2.24) is 5.16 Å². The van der Waals surface area contributed by atoms with Gasteiger partial charge < -0.3 is 14.0 Å². The van der Waals surface area contributed by atoms with E-state index in [9.17, 15) is 9.59 Å². The Bertz CT molecular complexity index is 1450. The zero-order chi connectivity index (χ0) is 27.2. The lowest BCUT2D eigenvalue weighted by Gasteiger charge is -2.23. The molecule has 0 bridgehead atoms. The Morgan fingerprint density at radius 3 is 2.32 bits per heavy atom. The number of hydrogen-bond acceptors (Lipinski definition) is 6. The van der Waals surface area contributed by atoms with Crippen LogP contribution in [0.2, 0.25) is 5.02 Å². The summed E-state index contributed by atoms with van der Waals surface area (Å²) < 4.78 is 31.2. The zero-order valence-corrected chi connectivity index (χ0v) is 21.9. The van der Waals surface area contributed by atoms with E-state index in [1.165, 1.54) is 11.0 Å². The maximum Gasteiger partial charge on any atom is 0.419 e. The van der Waals surface area contributed by atoms with Gasteiger partial charge in [-0.1, -0.05) is 65.3 Å². The van der Waals surface area contributed by atoms with Crippen molar-refractivity contribution in [2.75, 3.05) is 18.1 Å². The highest BCUT2D eigenvalue weighted by molar-refractivity contribution is 6.34. The molecule has 0 atom stereocenters. The number of amides is 1. The smallest absolute Gasteiger partial charge is 0.419 e. The highest BCUT2D eigenvalue weighted by atomic mass is 35.5. The van der Waals surface area contributed by atoms with Crippen molar-refractivity contribution in [3.63, 3.8) is 0 Å². The Morgan fingerprint density at radius 2 is 1.66 bits per heavy atom. The normalized spacial score (nSPS) is 10.8. The molecule has 0 aliphatic heterocycles. The summed E-state index contributed by atoms with van der Waals surface area (Å²) in [5, 5.41) is 4.36. The van der Waals surface area contributed by atoms with E-state index in [1.807, 2.05) is 0 Å². The number of aromatic nitrogens is 1. The van der Waals surface area contributed by atoms with E-state index in [4.69, 9.17) is 25.6 Å². The maximum atomic E-state index is 15.4. The molecule has 0 unspecified atom stereocenters. The van der Waals surface area contributed by atoms with Crippen LogP contribution in [0.1, 0.15) is 25.1 Å². The molecule has 0 saturated carbocycles. The van der Waals surface area contributed by atoms with Crippen LogP contribution in [-0.2, 0) is 20.7 Å². The van der Waals surface area contributed by atoms with Crippen LogP contribution in [0.15, 0.2) is 71.3 Å². The second-order valence-electron chi connectivity index (χ2n) is 8.30. The van der Waals surface area contributed by atoms with Crippen molar-refractivity contribution in [3.05, 3.63) is 88.8 Å². The fourth-order valence-electron chi connectivity index (χ4n) is 4.02. The maximum absolute atomic E-state index is 15.4. The minimum atomic E-state index is -0.673. The van der Waals surface area contributed by atoms with Gasteiger partial charge in [0.1, 0.15) is 17.2 Å². The number of anilines is 2. The summed E-state index contributed by atoms with van der Waals surface area (Å²) in [7, 11) is 0. The van der Waals surface area contributed by atoms with Gasteiger partial charge in [0.15, 0.2) is 5.76 Å². The fourth-order valence-corrected chi connectivity index (χ4v) is 4.24. The molecule has 0 saturated heterocycles. The molecule has 9 heteroatoms. The standard InChI is InChI=1S/C29H26ClFN2O5/c1-4-36-26(34)16-19-10-12-20(13-11-19)22-15-14-21(17-24(22)31)28-27(18(3)32-38-28)33(29(35)37-5-2)25-9-7-6-8-23(25)30/h6-15,17H,4-5,16H2,1-3H3. The fraction of sp³-hybridized carbons (Fsp3) is 0.207. The summed E-state index contributed by atoms with van der Waals surface area (Å²) in [5.74, 6) is -0.630. The van der Waals surface area contributed by atoms with E-state index in [2.05, 4.69) is 5.16 Å². The molecule has 3 aromatic carbocycles. The number of halogens is 2. The number of benzene rings is 3. The number of ether oxygens (including phenoxy) is 2. The number of carbonyl (C=O) groups excluding carboxylic acids is 2. The molecule has 0 radical (unpaired) electrons. The molecule has 4 aromatic rings. The minimum Gasteiger partial charge on any atom is -0.466 e. The molecule has 4 rings (SSSR count). The van der Waals surface area contributed by atoms with Gasteiger partial charge in [-0.2, -0.15) is 0 Å². The number of hydrogen-bond donors (Lipinski definition) is 0. The Balaban J connectivity index is 1.70. The first-order chi connectivity index (χ1) is 18.3. The van der Waals surface area contributed by atoms with Gasteiger partial charge in [-0.3, -0.25) is 4.79 Å². The van der Waals surface area contributed by atoms with Gasteiger partial charge in [-0.25, -0.2) is 14.1 Å². The van der Waals surface area contributed by atoms with E-state index in [-0.39, 0.29) is 24.8 Å². The molecule has 7 nitrogen and oxygen atoms in total. The summed E-state index contributed by atoms with van der Waals surface area (Å²) in [6, 6.07) is 18.4. The molecular formula is C29H26ClFN2O5. The summed E-state index contributed by atoms with van der Waals surface area (Å²) in [6.45, 7) is 5.58. The largest absolute Gasteiger partial charge is 0.466 e. The summed E-state index contributed by atoms with van der Waals surface area (Å²) >= 11 is 6.41. The first kappa shape index (κ1) is 26.9. The Kier molecular flexibility index (Phi) is 8.43. The van der Waals surface area contributed by atoms with E-state index in [0.29, 0.717) is 45.4 Å². The van der Waals surface area contributed by atoms with Crippen molar-refractivity contribution >= 4 is 35.0 Å². The van der Waals surface area contributed by atoms with Crippen molar-refractivity contribution in [1.29, 1.82) is 0 Å². The van der Waals surface area contributed by atoms with Crippen LogP contribution >= 0.6 is 11.6 Å². The first-order valence-electron chi connectivity index (χ1n) is 12.1. The molecule has 0 N–H and O–H groups in total. The van der Waals surface area contributed by atoms with Gasteiger partial charge in [0.05, 0.1) is 30.3 Å². The molecular weight excluding hydrogens is 511 g/mol. The second-order valence-corrected chi connectivity index (χ2v) is 8.71. The molecule has 0 aliphatic rings. The van der Waals surface area contributed by atoms with E-state index < -0.39 is 11.9 Å². The second kappa shape index (κ2) is 11.9. The quantitative estimate of drug-likeness (QED) is 0.217. The van der Waals surface area contributed by atoms with Crippen LogP contribution in [0.4, 0.5) is 20.6 Å². The number of carbonyl (C=O) groups is 2. The van der Waals surface area contributed by atoms with Gasteiger partial charge in [0.25, 0.3) is 0 Å². The van der Waals surface area contributed by atoms with Crippen molar-refractivity contribution < 1.29 is 28.0 Å². The third kappa shape index (κ3) is 5.70. The third-order valence-electron chi connectivity index (χ3n) is 5.75. The van der Waals surface area contributed by atoms with E-state index >= 15 is 4.39 Å². The lowest BCUT2D eigenvalue weighted by atomic mass is 10.00. The average molecular weight is 537 g/mol. The molecule has 0 fully saturated rings. The number of nitrogens with zero attached hydrogens (tertiary/aromatic N) is 2. The van der Waals surface area contributed by atoms with Crippen molar-refractivity contribution in [3.8, 4) is 22.5 Å². The van der Waals surface area contributed by atoms with Gasteiger partial charge >= 0.3 is 12.1 Å². The molecule has 1 aromatic heterocycles. The highest BCUT2D eigenvalue weighted by Gasteiger charge is 2.30. The summed E-state index contributed by atoms with van der Waals surface area (Å²) in [4.78, 5) is 26.0. The number of esters is 1. The SMILES string of the molecule is CCOC(=O)Cc1ccc(-c2ccc(-c3onc(C)c3N(C(=O)OCC)c3ccccc3Cl)cc2F)cc1. The first-order valence-corrected chi connectivity index (χ1v) is 12.4. The Morgan fingerprint density at radius 1 is 0.974 bits per heavy atom. The van der Waals surface area contributed by atoms with Gasteiger partial charge in [-0.05, 0) is 50.1 Å². The van der Waals surface area contributed by atoms with Crippen molar-refractivity contribution in [2.24, 2.45) is 0 Å². The van der Waals surface area contributed by atoms with Crippen LogP contribution in [0.25, 0.3) is 22.5 Å². The monoisotopic (exact) mass is 536 g/mol. The average Bonchev–Trinajstić information content (AvgIpc) is 3.27. The molecule has 196 valence electrons. The highest BCUT2D eigenvalue weighted by Crippen LogP contribution is 2.41. The van der Waals surface area contributed by atoms with Crippen LogP contribution in [-0.4, -0.2) is 30.4 Å². The molecule has 0 spiro atoms. The van der Waals surface area contributed by atoms with E-state index in [1.54, 1.807) is 81.4 Å². The molecule has 0 aliphatic carbocycles. The number of rotatable bonds is 8. The third-order valence-corrected chi connectivity index (χ3v) is 6.07. The molecule has 1 heterocycles. The summed E-state index contributed by atoms with van der Waals surface area (Å²) in [5.41, 5.74) is 3.22. The van der Waals surface area contributed by atoms with Gasteiger partial charge in [0.2, 0.25) is 0 Å². The molecule has 1 amide bonds. The minimum absolute atomic E-state index is 0.140. The topological polar surface area (TPSA) is 81.9 Å². The Hall–Kier alpha value is -4.17. The van der Waals surface area contributed by atoms with Crippen LogP contribution in [0, 0.1) is 12.7 Å². The predicted octanol–water partition coefficient (Wildman–Crippen LogP) is 7.51. The van der Waals surface area contributed by atoms with Gasteiger partial charge in [0, 0.05) is 11.1 Å². The Labute approximate surface area is 224 Å². The van der Waals surface area contributed by atoms with E-state index in [0.717, 1.165) is 5.56 Å². The lowest BCUT2D eigenvalue weighted by molar-refractivity contribution is -0.142. The van der Waals surface area contributed by atoms with Crippen LogP contribution in [0.5, 0.6) is 0 Å². The summed E-state index contributed by atoms with van der Waals surface area (Å²) in [6.07, 6.45) is -0.529.